The van der Waals surface area contributed by atoms with Crippen molar-refractivity contribution in [3.05, 3.63) is 0 Å². The first kappa shape index (κ1) is 28.6. The summed E-state index contributed by atoms with van der Waals surface area (Å²) in [5.41, 5.74) is 15.6. The van der Waals surface area contributed by atoms with E-state index in [1.165, 1.54) is 0 Å². The summed E-state index contributed by atoms with van der Waals surface area (Å²) < 4.78 is 0. The molecular weight excluding hydrogens is 452 g/mol. The van der Waals surface area contributed by atoms with E-state index >= 15 is 0 Å². The number of thiol groups is 1. The number of amides is 5. The molecule has 0 aliphatic heterocycles. The molecule has 0 rings (SSSR count). The van der Waals surface area contributed by atoms with Gasteiger partial charge in [-0.25, -0.2) is 4.79 Å². The zero-order chi connectivity index (χ0) is 25.0. The predicted octanol–water partition coefficient (Wildman–Crippen LogP) is -4.60. The minimum atomic E-state index is -1.75. The van der Waals surface area contributed by atoms with Gasteiger partial charge in [0.05, 0.1) is 18.9 Å². The van der Waals surface area contributed by atoms with Crippen molar-refractivity contribution >= 4 is 54.1 Å². The van der Waals surface area contributed by atoms with E-state index in [4.69, 9.17) is 27.4 Å². The van der Waals surface area contributed by atoms with Crippen LogP contribution in [0.5, 0.6) is 0 Å². The molecule has 5 amide bonds. The maximum atomic E-state index is 12.5. The van der Waals surface area contributed by atoms with E-state index in [9.17, 15) is 33.6 Å². The standard InChI is InChI=1S/C16H26N6O9S/c17-6(1-2-10(18)23)13(27)20-7(3-11(19)24)14(28)21-8(4-12(25)26)15(29)22-9(5-32)16(30)31/h6-9,32H,1-5,17H2,(H2,18,23)(H2,19,24)(H,20,27)(H,21,28)(H,22,29)(H,25,26)(H,30,31). The van der Waals surface area contributed by atoms with Crippen molar-refractivity contribution in [3.63, 3.8) is 0 Å². The van der Waals surface area contributed by atoms with Gasteiger partial charge in [-0.05, 0) is 6.42 Å². The Morgan fingerprint density at radius 3 is 1.62 bits per heavy atom. The Kier molecular flexibility index (Phi) is 12.3. The normalized spacial score (nSPS) is 14.2. The van der Waals surface area contributed by atoms with Crippen LogP contribution in [0, 0.1) is 0 Å². The summed E-state index contributed by atoms with van der Waals surface area (Å²) in [4.78, 5) is 81.1. The van der Waals surface area contributed by atoms with Crippen molar-refractivity contribution < 1.29 is 43.8 Å². The van der Waals surface area contributed by atoms with Gasteiger partial charge in [0.2, 0.25) is 29.5 Å². The second kappa shape index (κ2) is 13.8. The summed E-state index contributed by atoms with van der Waals surface area (Å²) in [5.74, 6) is -8.25. The van der Waals surface area contributed by atoms with Crippen molar-refractivity contribution in [2.45, 2.75) is 49.9 Å². The van der Waals surface area contributed by atoms with E-state index in [0.29, 0.717) is 0 Å². The van der Waals surface area contributed by atoms with Crippen molar-refractivity contribution in [1.29, 1.82) is 0 Å². The van der Waals surface area contributed by atoms with Gasteiger partial charge in [-0.1, -0.05) is 0 Å². The lowest BCUT2D eigenvalue weighted by molar-refractivity contribution is -0.143. The molecule has 32 heavy (non-hydrogen) atoms. The summed E-state index contributed by atoms with van der Waals surface area (Å²) >= 11 is 3.76. The lowest BCUT2D eigenvalue weighted by atomic mass is 10.1. The van der Waals surface area contributed by atoms with Gasteiger partial charge in [-0.3, -0.25) is 28.8 Å². The van der Waals surface area contributed by atoms with Crippen LogP contribution in [0.2, 0.25) is 0 Å². The molecule has 0 radical (unpaired) electrons. The van der Waals surface area contributed by atoms with Crippen molar-refractivity contribution in [2.24, 2.45) is 17.2 Å². The quantitative estimate of drug-likeness (QED) is 0.102. The van der Waals surface area contributed by atoms with Crippen LogP contribution in [0.3, 0.4) is 0 Å². The predicted molar refractivity (Wildman–Crippen MR) is 110 cm³/mol. The van der Waals surface area contributed by atoms with Crippen molar-refractivity contribution in [3.8, 4) is 0 Å². The highest BCUT2D eigenvalue weighted by atomic mass is 32.1. The fourth-order valence-corrected chi connectivity index (χ4v) is 2.48. The number of primary amides is 2. The van der Waals surface area contributed by atoms with E-state index in [2.05, 4.69) is 17.9 Å². The molecule has 11 N–H and O–H groups in total. The highest BCUT2D eigenvalue weighted by Crippen LogP contribution is 2.02. The Labute approximate surface area is 187 Å². The monoisotopic (exact) mass is 478 g/mol. The Morgan fingerprint density at radius 2 is 1.22 bits per heavy atom. The number of aliphatic carboxylic acids is 2. The molecule has 0 aliphatic carbocycles. The summed E-state index contributed by atoms with van der Waals surface area (Å²) in [6.07, 6.45) is -2.05. The van der Waals surface area contributed by atoms with Crippen molar-refractivity contribution in [2.75, 3.05) is 5.75 Å². The van der Waals surface area contributed by atoms with Crippen molar-refractivity contribution in [1.82, 2.24) is 16.0 Å². The number of hydrogen-bond donors (Lipinski definition) is 9. The summed E-state index contributed by atoms with van der Waals surface area (Å²) in [6, 6.07) is -6.12. The van der Waals surface area contributed by atoms with Gasteiger partial charge in [0.1, 0.15) is 18.1 Å². The topological polar surface area (TPSA) is 274 Å². The van der Waals surface area contributed by atoms with Crippen LogP contribution < -0.4 is 33.2 Å². The Hall–Kier alpha value is -3.40. The Balaban J connectivity index is 5.43. The van der Waals surface area contributed by atoms with Gasteiger partial charge < -0.3 is 43.4 Å². The first-order valence-corrected chi connectivity index (χ1v) is 9.70. The smallest absolute Gasteiger partial charge is 0.327 e. The number of nitrogens with two attached hydrogens (primary N) is 3. The zero-order valence-corrected chi connectivity index (χ0v) is 17.7. The van der Waals surface area contributed by atoms with Gasteiger partial charge in [-0.2, -0.15) is 12.6 Å². The van der Waals surface area contributed by atoms with Crippen LogP contribution in [0.15, 0.2) is 0 Å². The highest BCUT2D eigenvalue weighted by molar-refractivity contribution is 7.80. The molecule has 15 nitrogen and oxygen atoms in total. The average molecular weight is 478 g/mol. The van der Waals surface area contributed by atoms with Crippen LogP contribution in [-0.2, 0) is 33.6 Å². The van der Waals surface area contributed by atoms with Crippen LogP contribution in [0.4, 0.5) is 0 Å². The third-order valence-electron chi connectivity index (χ3n) is 3.89. The number of carboxylic acid groups (broad SMARTS) is 2. The number of rotatable bonds is 15. The average Bonchev–Trinajstić information content (AvgIpc) is 2.67. The first-order chi connectivity index (χ1) is 14.8. The molecule has 0 fully saturated rings. The van der Waals surface area contributed by atoms with Gasteiger partial charge in [0, 0.05) is 12.2 Å². The zero-order valence-electron chi connectivity index (χ0n) is 16.8. The van der Waals surface area contributed by atoms with Gasteiger partial charge in [0.15, 0.2) is 0 Å². The van der Waals surface area contributed by atoms with Crippen LogP contribution >= 0.6 is 12.6 Å². The molecule has 180 valence electrons. The molecule has 0 aromatic heterocycles. The molecule has 0 heterocycles. The SMILES string of the molecule is NC(=O)CCC(N)C(=O)NC(CC(N)=O)C(=O)NC(CC(=O)O)C(=O)NC(CS)C(=O)O. The highest BCUT2D eigenvalue weighted by Gasteiger charge is 2.32. The van der Waals surface area contributed by atoms with Crippen LogP contribution in [0.25, 0.3) is 0 Å². The number of carbonyl (C=O) groups is 7. The number of carbonyl (C=O) groups excluding carboxylic acids is 5. The maximum absolute atomic E-state index is 12.5. The van der Waals surface area contributed by atoms with Gasteiger partial charge in [-0.15, -0.1) is 0 Å². The molecule has 0 aliphatic rings. The van der Waals surface area contributed by atoms with E-state index in [1.807, 2.05) is 10.6 Å². The van der Waals surface area contributed by atoms with Gasteiger partial charge >= 0.3 is 11.9 Å². The molecule has 0 aromatic rings. The van der Waals surface area contributed by atoms with E-state index < -0.39 is 78.5 Å². The second-order valence-corrected chi connectivity index (χ2v) is 6.95. The number of hydrogen-bond acceptors (Lipinski definition) is 9. The second-order valence-electron chi connectivity index (χ2n) is 6.58. The van der Waals surface area contributed by atoms with Gasteiger partial charge in [0.25, 0.3) is 0 Å². The van der Waals surface area contributed by atoms with E-state index in [0.717, 1.165) is 0 Å². The molecule has 0 spiro atoms. The Morgan fingerprint density at radius 1 is 0.750 bits per heavy atom. The molecule has 0 aromatic carbocycles. The fourth-order valence-electron chi connectivity index (χ4n) is 2.23. The molecule has 4 atom stereocenters. The largest absolute Gasteiger partial charge is 0.481 e. The minimum absolute atomic E-state index is 0.156. The molecular formula is C16H26N6O9S. The molecule has 0 saturated carbocycles. The lowest BCUT2D eigenvalue weighted by Gasteiger charge is -2.23. The number of nitrogens with one attached hydrogen (secondary N) is 3. The number of carboxylic acids is 2. The molecule has 16 heteroatoms. The summed E-state index contributed by atoms with van der Waals surface area (Å²) in [6.45, 7) is 0. The Bertz CT molecular complexity index is 762. The van der Waals surface area contributed by atoms with E-state index in [1.54, 1.807) is 0 Å². The van der Waals surface area contributed by atoms with Crippen LogP contribution in [-0.4, -0.2) is 81.6 Å². The fraction of sp³-hybridized carbons (Fsp3) is 0.562. The lowest BCUT2D eigenvalue weighted by Crippen LogP contribution is -2.58. The molecule has 4 unspecified atom stereocenters. The van der Waals surface area contributed by atoms with E-state index in [-0.39, 0.29) is 18.6 Å². The summed E-state index contributed by atoms with van der Waals surface area (Å²) in [7, 11) is 0. The third kappa shape index (κ3) is 11.1. The molecule has 0 saturated heterocycles. The van der Waals surface area contributed by atoms with Crippen LogP contribution in [0.1, 0.15) is 25.7 Å². The minimum Gasteiger partial charge on any atom is -0.481 e. The first-order valence-electron chi connectivity index (χ1n) is 9.07. The summed E-state index contributed by atoms with van der Waals surface area (Å²) in [5, 5.41) is 24.1. The third-order valence-corrected chi connectivity index (χ3v) is 4.25. The molecule has 0 bridgehead atoms. The maximum Gasteiger partial charge on any atom is 0.327 e.